The highest BCUT2D eigenvalue weighted by Crippen LogP contribution is 2.28. The molecule has 0 N–H and O–H groups in total. The summed E-state index contributed by atoms with van der Waals surface area (Å²) in [4.78, 5) is 23.9. The largest absolute Gasteiger partial charge is 0.441 e. The number of benzene rings is 1. The van der Waals surface area contributed by atoms with Gasteiger partial charge in [-0.2, -0.15) is 0 Å². The van der Waals surface area contributed by atoms with Gasteiger partial charge in [0.05, 0.1) is 18.2 Å². The van der Waals surface area contributed by atoms with E-state index in [2.05, 4.69) is 23.8 Å². The highest BCUT2D eigenvalue weighted by atomic mass is 16.5. The van der Waals surface area contributed by atoms with Crippen LogP contribution in [0.1, 0.15) is 31.3 Å². The van der Waals surface area contributed by atoms with E-state index in [1.807, 2.05) is 43.3 Å². The molecule has 2 aromatic heterocycles. The highest BCUT2D eigenvalue weighted by Gasteiger charge is 2.33. The Kier molecular flexibility index (Phi) is 4.44. The molecule has 3 heterocycles. The number of carbonyl (C=O) groups is 1. The van der Waals surface area contributed by atoms with Gasteiger partial charge in [-0.25, -0.2) is 9.97 Å². The molecule has 1 saturated heterocycles. The summed E-state index contributed by atoms with van der Waals surface area (Å²) in [5.74, 6) is 0.250. The van der Waals surface area contributed by atoms with Gasteiger partial charge in [0.2, 0.25) is 0 Å². The molecule has 0 radical (unpaired) electrons. The number of aromatic nitrogens is 2. The second kappa shape index (κ2) is 6.78. The zero-order chi connectivity index (χ0) is 19.0. The first-order chi connectivity index (χ1) is 12.9. The van der Waals surface area contributed by atoms with Crippen LogP contribution in [0.25, 0.3) is 22.4 Å². The predicted octanol–water partition coefficient (Wildman–Crippen LogP) is 3.78. The van der Waals surface area contributed by atoms with Crippen molar-refractivity contribution in [1.29, 1.82) is 0 Å². The van der Waals surface area contributed by atoms with Gasteiger partial charge >= 0.3 is 0 Å². The number of carbonyl (C=O) groups excluding carboxylic acids is 1. The highest BCUT2D eigenvalue weighted by molar-refractivity contribution is 5.97. The van der Waals surface area contributed by atoms with E-state index in [9.17, 15) is 4.79 Å². The van der Waals surface area contributed by atoms with Crippen molar-refractivity contribution in [3.8, 4) is 11.5 Å². The lowest BCUT2D eigenvalue weighted by atomic mass is 9.94. The van der Waals surface area contributed by atoms with E-state index in [1.165, 1.54) is 6.39 Å². The van der Waals surface area contributed by atoms with E-state index in [0.717, 1.165) is 10.9 Å². The Morgan fingerprint density at radius 2 is 2.04 bits per heavy atom. The quantitative estimate of drug-likeness (QED) is 0.691. The normalized spacial score (nSPS) is 19.8. The summed E-state index contributed by atoms with van der Waals surface area (Å²) in [7, 11) is 0. The van der Waals surface area contributed by atoms with Crippen LogP contribution in [0.5, 0.6) is 0 Å². The van der Waals surface area contributed by atoms with Gasteiger partial charge in [0.15, 0.2) is 17.8 Å². The molecule has 1 aliphatic heterocycles. The molecule has 1 aliphatic rings. The Labute approximate surface area is 158 Å². The molecular weight excluding hydrogens is 342 g/mol. The number of fused-ring (bicyclic) bond motifs is 1. The molecule has 1 amide bonds. The zero-order valence-electron chi connectivity index (χ0n) is 15.8. The second-order valence-electron chi connectivity index (χ2n) is 7.89. The average Bonchev–Trinajstić information content (AvgIpc) is 3.09. The first-order valence-electron chi connectivity index (χ1n) is 9.13. The fourth-order valence-corrected chi connectivity index (χ4v) is 3.43. The number of oxazole rings is 1. The number of pyridine rings is 1. The van der Waals surface area contributed by atoms with Crippen LogP contribution < -0.4 is 0 Å². The van der Waals surface area contributed by atoms with E-state index < -0.39 is 0 Å². The van der Waals surface area contributed by atoms with E-state index in [-0.39, 0.29) is 17.4 Å². The van der Waals surface area contributed by atoms with Gasteiger partial charge in [0, 0.05) is 23.9 Å². The minimum atomic E-state index is -0.154. The molecule has 3 aromatic rings. The third kappa shape index (κ3) is 3.57. The number of amides is 1. The minimum absolute atomic E-state index is 0.0233. The summed E-state index contributed by atoms with van der Waals surface area (Å²) in [6, 6.07) is 11.7. The summed E-state index contributed by atoms with van der Waals surface area (Å²) in [5.41, 5.74) is 1.63. The Morgan fingerprint density at radius 1 is 1.22 bits per heavy atom. The molecule has 6 heteroatoms. The summed E-state index contributed by atoms with van der Waals surface area (Å²) in [6.45, 7) is 7.93. The molecule has 0 aliphatic carbocycles. The van der Waals surface area contributed by atoms with Gasteiger partial charge in [-0.1, -0.05) is 38.1 Å². The Balaban J connectivity index is 1.69. The fourth-order valence-electron chi connectivity index (χ4n) is 3.43. The lowest BCUT2D eigenvalue weighted by molar-refractivity contribution is 0.0357. The molecule has 0 saturated carbocycles. The van der Waals surface area contributed by atoms with Gasteiger partial charge in [-0.3, -0.25) is 4.79 Å². The van der Waals surface area contributed by atoms with Crippen molar-refractivity contribution < 1.29 is 13.9 Å². The maximum Gasteiger partial charge on any atom is 0.276 e. The van der Waals surface area contributed by atoms with E-state index in [4.69, 9.17) is 9.15 Å². The van der Waals surface area contributed by atoms with Crippen LogP contribution in [0.15, 0.2) is 47.2 Å². The van der Waals surface area contributed by atoms with Crippen molar-refractivity contribution in [3.63, 3.8) is 0 Å². The van der Waals surface area contributed by atoms with Gasteiger partial charge in [-0.05, 0) is 19.1 Å². The lowest BCUT2D eigenvalue weighted by Crippen LogP contribution is -2.40. The molecule has 1 unspecified atom stereocenters. The zero-order valence-corrected chi connectivity index (χ0v) is 15.8. The molecule has 1 aromatic carbocycles. The lowest BCUT2D eigenvalue weighted by Gasteiger charge is -2.28. The summed E-state index contributed by atoms with van der Waals surface area (Å²) in [6.07, 6.45) is 1.28. The van der Waals surface area contributed by atoms with Crippen LogP contribution in [0.4, 0.5) is 0 Å². The van der Waals surface area contributed by atoms with Gasteiger partial charge in [-0.15, -0.1) is 0 Å². The number of rotatable bonds is 2. The average molecular weight is 365 g/mol. The minimum Gasteiger partial charge on any atom is -0.441 e. The van der Waals surface area contributed by atoms with Crippen LogP contribution in [-0.4, -0.2) is 46.6 Å². The summed E-state index contributed by atoms with van der Waals surface area (Å²) >= 11 is 0. The third-order valence-corrected chi connectivity index (χ3v) is 4.74. The van der Waals surface area contributed by atoms with Crippen LogP contribution in [0, 0.1) is 5.41 Å². The number of para-hydroxylation sites is 1. The van der Waals surface area contributed by atoms with Crippen molar-refractivity contribution in [3.05, 3.63) is 48.5 Å². The standard InChI is InChI=1S/C21H23N3O3/c1-14-10-24(11-21(2,3)12-26-14)20(25)18-19(27-13-22-18)17-9-8-15-6-4-5-7-16(15)23-17/h4-9,13-14H,10-12H2,1-3H3. The third-order valence-electron chi connectivity index (χ3n) is 4.74. The first-order valence-corrected chi connectivity index (χ1v) is 9.13. The number of nitrogens with zero attached hydrogens (tertiary/aromatic N) is 3. The SMILES string of the molecule is CC1CN(C(=O)c2ncoc2-c2ccc3ccccc3n2)CC(C)(C)CO1. The molecule has 27 heavy (non-hydrogen) atoms. The monoisotopic (exact) mass is 365 g/mol. The predicted molar refractivity (Wildman–Crippen MR) is 102 cm³/mol. The molecule has 0 spiro atoms. The van der Waals surface area contributed by atoms with Crippen molar-refractivity contribution in [2.45, 2.75) is 26.9 Å². The van der Waals surface area contributed by atoms with Crippen molar-refractivity contribution in [2.75, 3.05) is 19.7 Å². The van der Waals surface area contributed by atoms with E-state index in [0.29, 0.717) is 36.8 Å². The van der Waals surface area contributed by atoms with E-state index >= 15 is 0 Å². The van der Waals surface area contributed by atoms with Crippen LogP contribution in [0.2, 0.25) is 0 Å². The molecule has 6 nitrogen and oxygen atoms in total. The molecule has 1 atom stereocenters. The van der Waals surface area contributed by atoms with Crippen LogP contribution >= 0.6 is 0 Å². The van der Waals surface area contributed by atoms with Crippen LogP contribution in [-0.2, 0) is 4.74 Å². The van der Waals surface area contributed by atoms with Gasteiger partial charge in [0.25, 0.3) is 5.91 Å². The Hall–Kier alpha value is -2.73. The number of hydrogen-bond acceptors (Lipinski definition) is 5. The smallest absolute Gasteiger partial charge is 0.276 e. The molecular formula is C21H23N3O3. The first kappa shape index (κ1) is 17.7. The molecule has 4 rings (SSSR count). The molecule has 1 fully saturated rings. The molecule has 0 bridgehead atoms. The Morgan fingerprint density at radius 3 is 2.89 bits per heavy atom. The van der Waals surface area contributed by atoms with Crippen LogP contribution in [0.3, 0.4) is 0 Å². The van der Waals surface area contributed by atoms with Crippen molar-refractivity contribution >= 4 is 16.8 Å². The van der Waals surface area contributed by atoms with E-state index in [1.54, 1.807) is 4.90 Å². The molecule has 140 valence electrons. The number of hydrogen-bond donors (Lipinski definition) is 0. The topological polar surface area (TPSA) is 68.5 Å². The van der Waals surface area contributed by atoms with Gasteiger partial charge in [0.1, 0.15) is 5.69 Å². The summed E-state index contributed by atoms with van der Waals surface area (Å²) in [5, 5.41) is 1.04. The maximum atomic E-state index is 13.2. The fraction of sp³-hybridized carbons (Fsp3) is 0.381. The van der Waals surface area contributed by atoms with Crippen molar-refractivity contribution in [1.82, 2.24) is 14.9 Å². The summed E-state index contributed by atoms with van der Waals surface area (Å²) < 4.78 is 11.4. The maximum absolute atomic E-state index is 13.2. The van der Waals surface area contributed by atoms with Crippen molar-refractivity contribution in [2.24, 2.45) is 5.41 Å². The Bertz CT molecular complexity index is 979. The second-order valence-corrected chi connectivity index (χ2v) is 7.89. The van der Waals surface area contributed by atoms with Gasteiger partial charge < -0.3 is 14.1 Å². The number of ether oxygens (including phenoxy) is 1.